The van der Waals surface area contributed by atoms with Crippen molar-refractivity contribution in [2.24, 2.45) is 11.1 Å². The summed E-state index contributed by atoms with van der Waals surface area (Å²) in [6, 6.07) is 4.78. The molecule has 0 aliphatic heterocycles. The van der Waals surface area contributed by atoms with E-state index in [0.717, 1.165) is 0 Å². The molecule has 78 valence electrons. The first-order chi connectivity index (χ1) is 6.34. The number of benzene rings is 1. The quantitative estimate of drug-likeness (QED) is 0.753. The Kier molecular flexibility index (Phi) is 3.07. The fraction of sp³-hybridized carbons (Fsp3) is 0.455. The van der Waals surface area contributed by atoms with Crippen LogP contribution in [0.2, 0.25) is 5.02 Å². The molecule has 14 heavy (non-hydrogen) atoms. The Morgan fingerprint density at radius 1 is 1.36 bits per heavy atom. The van der Waals surface area contributed by atoms with Gasteiger partial charge in [-0.15, -0.1) is 0 Å². The second kappa shape index (κ2) is 3.79. The minimum absolute atomic E-state index is 0.123. The molecule has 0 aromatic heterocycles. The van der Waals surface area contributed by atoms with Crippen LogP contribution in [0.1, 0.15) is 32.4 Å². The molecule has 0 radical (unpaired) electrons. The van der Waals surface area contributed by atoms with Gasteiger partial charge in [-0.25, -0.2) is 0 Å². The summed E-state index contributed by atoms with van der Waals surface area (Å²) in [6.45, 7) is 6.04. The van der Waals surface area contributed by atoms with Crippen LogP contribution in [0.15, 0.2) is 18.2 Å². The zero-order chi connectivity index (χ0) is 10.9. The number of halogens is 1. The van der Waals surface area contributed by atoms with Gasteiger partial charge in [-0.1, -0.05) is 38.4 Å². The van der Waals surface area contributed by atoms with E-state index in [0.29, 0.717) is 10.6 Å². The Morgan fingerprint density at radius 3 is 2.36 bits per heavy atom. The molecule has 3 N–H and O–H groups in total. The molecule has 0 fully saturated rings. The fourth-order valence-corrected chi connectivity index (χ4v) is 1.55. The molecule has 0 aliphatic carbocycles. The molecule has 0 saturated heterocycles. The molecule has 1 aromatic carbocycles. The largest absolute Gasteiger partial charge is 0.508 e. The van der Waals surface area contributed by atoms with E-state index >= 15 is 0 Å². The van der Waals surface area contributed by atoms with Crippen molar-refractivity contribution in [1.82, 2.24) is 0 Å². The smallest absolute Gasteiger partial charge is 0.121 e. The van der Waals surface area contributed by atoms with Crippen molar-refractivity contribution in [3.05, 3.63) is 28.8 Å². The predicted octanol–water partition coefficient (Wildman–Crippen LogP) is 3.09. The van der Waals surface area contributed by atoms with Crippen LogP contribution < -0.4 is 5.73 Å². The lowest BCUT2D eigenvalue weighted by Gasteiger charge is -2.28. The van der Waals surface area contributed by atoms with E-state index in [1.807, 2.05) is 20.8 Å². The molecule has 0 amide bonds. The zero-order valence-corrected chi connectivity index (χ0v) is 9.47. The highest BCUT2D eigenvalue weighted by molar-refractivity contribution is 6.31. The second-order valence-electron chi connectivity index (χ2n) is 4.52. The lowest BCUT2D eigenvalue weighted by Crippen LogP contribution is -2.26. The first-order valence-electron chi connectivity index (χ1n) is 4.57. The van der Waals surface area contributed by atoms with Gasteiger partial charge in [-0.2, -0.15) is 0 Å². The number of aromatic hydroxyl groups is 1. The van der Waals surface area contributed by atoms with E-state index < -0.39 is 0 Å². The molecule has 0 heterocycles. The van der Waals surface area contributed by atoms with Gasteiger partial charge in [0.25, 0.3) is 0 Å². The fourth-order valence-electron chi connectivity index (χ4n) is 1.27. The number of hydrogen-bond donors (Lipinski definition) is 2. The van der Waals surface area contributed by atoms with Gasteiger partial charge in [0.1, 0.15) is 5.75 Å². The van der Waals surface area contributed by atoms with Gasteiger partial charge in [0.2, 0.25) is 0 Å². The highest BCUT2D eigenvalue weighted by Gasteiger charge is 2.26. The summed E-state index contributed by atoms with van der Waals surface area (Å²) in [5, 5.41) is 10.2. The van der Waals surface area contributed by atoms with Crippen LogP contribution in [0, 0.1) is 5.41 Å². The minimum atomic E-state index is -0.267. The van der Waals surface area contributed by atoms with Gasteiger partial charge >= 0.3 is 0 Å². The summed E-state index contributed by atoms with van der Waals surface area (Å²) < 4.78 is 0. The molecule has 3 heteroatoms. The lowest BCUT2D eigenvalue weighted by atomic mass is 9.83. The topological polar surface area (TPSA) is 46.2 Å². The van der Waals surface area contributed by atoms with E-state index in [9.17, 15) is 5.11 Å². The van der Waals surface area contributed by atoms with Crippen LogP contribution in [-0.4, -0.2) is 5.11 Å². The normalized spacial score (nSPS) is 14.1. The van der Waals surface area contributed by atoms with E-state index in [2.05, 4.69) is 0 Å². The van der Waals surface area contributed by atoms with Gasteiger partial charge < -0.3 is 10.8 Å². The van der Waals surface area contributed by atoms with Crippen molar-refractivity contribution in [2.75, 3.05) is 0 Å². The van der Waals surface area contributed by atoms with E-state index in [1.54, 1.807) is 18.2 Å². The number of phenols is 1. The monoisotopic (exact) mass is 213 g/mol. The maximum atomic E-state index is 9.66. The first kappa shape index (κ1) is 11.3. The molecule has 0 aliphatic rings. The van der Waals surface area contributed by atoms with Crippen LogP contribution in [-0.2, 0) is 0 Å². The van der Waals surface area contributed by atoms with Gasteiger partial charge in [0.05, 0.1) is 0 Å². The van der Waals surface area contributed by atoms with E-state index in [-0.39, 0.29) is 17.2 Å². The average molecular weight is 214 g/mol. The predicted molar refractivity (Wildman–Crippen MR) is 59.5 cm³/mol. The van der Waals surface area contributed by atoms with Gasteiger partial charge in [-0.05, 0) is 17.5 Å². The van der Waals surface area contributed by atoms with Crippen molar-refractivity contribution < 1.29 is 5.11 Å². The average Bonchev–Trinajstić information content (AvgIpc) is 2.01. The van der Waals surface area contributed by atoms with Gasteiger partial charge in [-0.3, -0.25) is 0 Å². The second-order valence-corrected chi connectivity index (χ2v) is 4.92. The number of phenolic OH excluding ortho intramolecular Hbond substituents is 1. The summed E-state index contributed by atoms with van der Waals surface area (Å²) in [7, 11) is 0. The lowest BCUT2D eigenvalue weighted by molar-refractivity contribution is 0.318. The highest BCUT2D eigenvalue weighted by Crippen LogP contribution is 2.38. The molecular weight excluding hydrogens is 198 g/mol. The van der Waals surface area contributed by atoms with E-state index in [1.165, 1.54) is 0 Å². The van der Waals surface area contributed by atoms with Crippen LogP contribution in [0.4, 0.5) is 0 Å². The molecule has 1 aromatic rings. The Hall–Kier alpha value is -0.730. The Bertz CT molecular complexity index is 310. The molecule has 2 nitrogen and oxygen atoms in total. The molecule has 0 saturated carbocycles. The van der Waals surface area contributed by atoms with Crippen LogP contribution >= 0.6 is 11.6 Å². The summed E-state index contributed by atoms with van der Waals surface area (Å²) >= 11 is 5.99. The number of hydrogen-bond acceptors (Lipinski definition) is 2. The first-order valence-corrected chi connectivity index (χ1v) is 4.95. The van der Waals surface area contributed by atoms with Gasteiger partial charge in [0.15, 0.2) is 0 Å². The zero-order valence-electron chi connectivity index (χ0n) is 8.71. The molecule has 0 spiro atoms. The molecule has 1 atom stereocenters. The maximum absolute atomic E-state index is 9.66. The molecule has 1 rings (SSSR count). The Labute approximate surface area is 89.7 Å². The highest BCUT2D eigenvalue weighted by atomic mass is 35.5. The molecule has 0 bridgehead atoms. The SMILES string of the molecule is CC(C)(C)C(N)c1c(O)cccc1Cl. The summed E-state index contributed by atoms with van der Waals surface area (Å²) in [5.74, 6) is 0.167. The maximum Gasteiger partial charge on any atom is 0.121 e. The number of rotatable bonds is 1. The molecule has 1 unspecified atom stereocenters. The van der Waals surface area contributed by atoms with Gasteiger partial charge in [0, 0.05) is 16.6 Å². The van der Waals surface area contributed by atoms with Crippen LogP contribution in [0.25, 0.3) is 0 Å². The standard InChI is InChI=1S/C11H16ClNO/c1-11(2,3)10(13)9-7(12)5-4-6-8(9)14/h4-6,10,14H,13H2,1-3H3. The van der Waals surface area contributed by atoms with Crippen molar-refractivity contribution in [3.63, 3.8) is 0 Å². The van der Waals surface area contributed by atoms with Crippen molar-refractivity contribution >= 4 is 11.6 Å². The Morgan fingerprint density at radius 2 is 1.93 bits per heavy atom. The minimum Gasteiger partial charge on any atom is -0.508 e. The number of nitrogens with two attached hydrogens (primary N) is 1. The van der Waals surface area contributed by atoms with Crippen molar-refractivity contribution in [2.45, 2.75) is 26.8 Å². The van der Waals surface area contributed by atoms with E-state index in [4.69, 9.17) is 17.3 Å². The summed E-state index contributed by atoms with van der Waals surface area (Å²) in [5.41, 5.74) is 6.53. The summed E-state index contributed by atoms with van der Waals surface area (Å²) in [4.78, 5) is 0. The van der Waals surface area contributed by atoms with Crippen molar-refractivity contribution in [3.8, 4) is 5.75 Å². The third-order valence-corrected chi connectivity index (χ3v) is 2.60. The third-order valence-electron chi connectivity index (χ3n) is 2.27. The van der Waals surface area contributed by atoms with Crippen LogP contribution in [0.3, 0.4) is 0 Å². The Balaban J connectivity index is 3.19. The van der Waals surface area contributed by atoms with Crippen LogP contribution in [0.5, 0.6) is 5.75 Å². The van der Waals surface area contributed by atoms with Crippen molar-refractivity contribution in [1.29, 1.82) is 0 Å². The third kappa shape index (κ3) is 2.20. The summed E-state index contributed by atoms with van der Waals surface area (Å²) in [6.07, 6.45) is 0. The molecular formula is C11H16ClNO.